The first-order valence-electron chi connectivity index (χ1n) is 6.61. The maximum Gasteiger partial charge on any atom is 0.232 e. The van der Waals surface area contributed by atoms with Crippen LogP contribution in [0.25, 0.3) is 0 Å². The number of ether oxygens (including phenoxy) is 1. The van der Waals surface area contributed by atoms with E-state index in [1.54, 1.807) is 0 Å². The normalized spacial score (nSPS) is 18.1. The molecule has 1 fully saturated rings. The van der Waals surface area contributed by atoms with Crippen molar-refractivity contribution in [3.05, 3.63) is 23.5 Å². The van der Waals surface area contributed by atoms with Crippen LogP contribution in [0, 0.1) is 19.3 Å². The zero-order valence-corrected chi connectivity index (χ0v) is 11.5. The van der Waals surface area contributed by atoms with Crippen LogP contribution in [0.2, 0.25) is 0 Å². The molecule has 0 unspecified atom stereocenters. The predicted molar refractivity (Wildman–Crippen MR) is 73.9 cm³/mol. The molecule has 0 bridgehead atoms. The lowest BCUT2D eigenvalue weighted by Crippen LogP contribution is -2.46. The van der Waals surface area contributed by atoms with Gasteiger partial charge >= 0.3 is 0 Å². The Morgan fingerprint density at radius 1 is 1.42 bits per heavy atom. The Kier molecular flexibility index (Phi) is 4.17. The van der Waals surface area contributed by atoms with Crippen LogP contribution in [0.4, 0.5) is 5.69 Å². The standard InChI is InChI=1S/C14H21N3O2/c1-10-3-4-12(11(2)16-10)17-13(18)14(9-15)5-7-19-8-6-14/h3-4H,5-9,15H2,1-2H3,(H,17,18). The van der Waals surface area contributed by atoms with Crippen molar-refractivity contribution in [2.45, 2.75) is 26.7 Å². The van der Waals surface area contributed by atoms with Crippen LogP contribution in [0.5, 0.6) is 0 Å². The molecular formula is C14H21N3O2. The minimum absolute atomic E-state index is 0.0212. The van der Waals surface area contributed by atoms with Gasteiger partial charge in [0.1, 0.15) is 0 Å². The molecule has 1 aliphatic heterocycles. The average Bonchev–Trinajstić information content (AvgIpc) is 2.42. The van der Waals surface area contributed by atoms with Crippen molar-refractivity contribution in [3.63, 3.8) is 0 Å². The van der Waals surface area contributed by atoms with Crippen LogP contribution in [0.15, 0.2) is 12.1 Å². The molecule has 0 atom stereocenters. The number of hydrogen-bond donors (Lipinski definition) is 2. The summed E-state index contributed by atoms with van der Waals surface area (Å²) in [5, 5.41) is 2.96. The highest BCUT2D eigenvalue weighted by Crippen LogP contribution is 2.31. The second-order valence-corrected chi connectivity index (χ2v) is 5.14. The van der Waals surface area contributed by atoms with Gasteiger partial charge in [-0.1, -0.05) is 0 Å². The van der Waals surface area contributed by atoms with Crippen LogP contribution in [-0.2, 0) is 9.53 Å². The molecule has 2 rings (SSSR count). The number of nitrogens with zero attached hydrogens (tertiary/aromatic N) is 1. The summed E-state index contributed by atoms with van der Waals surface area (Å²) in [4.78, 5) is 16.8. The summed E-state index contributed by atoms with van der Waals surface area (Å²) < 4.78 is 5.32. The van der Waals surface area contributed by atoms with Crippen LogP contribution in [-0.4, -0.2) is 30.6 Å². The molecule has 2 heterocycles. The molecule has 0 spiro atoms. The fourth-order valence-corrected chi connectivity index (χ4v) is 2.36. The number of aryl methyl sites for hydroxylation is 2. The van der Waals surface area contributed by atoms with Gasteiger partial charge in [-0.2, -0.15) is 0 Å². The lowest BCUT2D eigenvalue weighted by atomic mass is 9.79. The summed E-state index contributed by atoms with van der Waals surface area (Å²) >= 11 is 0. The average molecular weight is 263 g/mol. The van der Waals surface area contributed by atoms with E-state index in [4.69, 9.17) is 10.5 Å². The van der Waals surface area contributed by atoms with Crippen LogP contribution in [0.3, 0.4) is 0 Å². The third kappa shape index (κ3) is 2.93. The topological polar surface area (TPSA) is 77.2 Å². The molecule has 0 aromatic carbocycles. The minimum Gasteiger partial charge on any atom is -0.381 e. The second-order valence-electron chi connectivity index (χ2n) is 5.14. The number of nitrogens with two attached hydrogens (primary N) is 1. The van der Waals surface area contributed by atoms with Crippen LogP contribution >= 0.6 is 0 Å². The fourth-order valence-electron chi connectivity index (χ4n) is 2.36. The summed E-state index contributed by atoms with van der Waals surface area (Å²) in [5.41, 5.74) is 7.84. The Labute approximate surface area is 113 Å². The maximum atomic E-state index is 12.5. The quantitative estimate of drug-likeness (QED) is 0.864. The molecule has 1 aromatic rings. The fraction of sp³-hybridized carbons (Fsp3) is 0.571. The van der Waals surface area contributed by atoms with E-state index < -0.39 is 5.41 Å². The molecular weight excluding hydrogens is 242 g/mol. The molecule has 1 aliphatic rings. The number of nitrogens with one attached hydrogen (secondary N) is 1. The van der Waals surface area contributed by atoms with Crippen LogP contribution in [0.1, 0.15) is 24.2 Å². The Hall–Kier alpha value is -1.46. The van der Waals surface area contributed by atoms with Gasteiger partial charge in [0.2, 0.25) is 5.91 Å². The molecule has 1 aromatic heterocycles. The summed E-state index contributed by atoms with van der Waals surface area (Å²) in [5.74, 6) is -0.0212. The molecule has 0 radical (unpaired) electrons. The number of carbonyl (C=O) groups is 1. The number of amides is 1. The van der Waals surface area contributed by atoms with Crippen molar-refractivity contribution in [2.24, 2.45) is 11.1 Å². The minimum atomic E-state index is -0.504. The lowest BCUT2D eigenvalue weighted by Gasteiger charge is -2.34. The lowest BCUT2D eigenvalue weighted by molar-refractivity contribution is -0.130. The molecule has 1 amide bonds. The Morgan fingerprint density at radius 3 is 2.68 bits per heavy atom. The van der Waals surface area contributed by atoms with Gasteiger partial charge in [0.15, 0.2) is 0 Å². The van der Waals surface area contributed by atoms with Gasteiger partial charge in [-0.15, -0.1) is 0 Å². The van der Waals surface area contributed by atoms with Crippen LogP contribution < -0.4 is 11.1 Å². The van der Waals surface area contributed by atoms with Gasteiger partial charge < -0.3 is 15.8 Å². The number of rotatable bonds is 3. The number of anilines is 1. The highest BCUT2D eigenvalue weighted by molar-refractivity contribution is 5.96. The SMILES string of the molecule is Cc1ccc(NC(=O)C2(CN)CCOCC2)c(C)n1. The van der Waals surface area contributed by atoms with Gasteiger partial charge in [-0.3, -0.25) is 9.78 Å². The third-order valence-electron chi connectivity index (χ3n) is 3.80. The first-order valence-corrected chi connectivity index (χ1v) is 6.61. The Balaban J connectivity index is 2.15. The second kappa shape index (κ2) is 5.67. The van der Waals surface area contributed by atoms with E-state index in [9.17, 15) is 4.79 Å². The third-order valence-corrected chi connectivity index (χ3v) is 3.80. The van der Waals surface area contributed by atoms with E-state index in [0.29, 0.717) is 32.6 Å². The van der Waals surface area contributed by atoms with E-state index in [2.05, 4.69) is 10.3 Å². The number of pyridine rings is 1. The number of hydrogen-bond acceptors (Lipinski definition) is 4. The summed E-state index contributed by atoms with van der Waals surface area (Å²) in [6, 6.07) is 3.78. The first-order chi connectivity index (χ1) is 9.07. The number of carbonyl (C=O) groups excluding carboxylic acids is 1. The smallest absolute Gasteiger partial charge is 0.232 e. The van der Waals surface area contributed by atoms with Gasteiger partial charge in [-0.25, -0.2) is 0 Å². The molecule has 3 N–H and O–H groups in total. The molecule has 19 heavy (non-hydrogen) atoms. The van der Waals surface area contributed by atoms with Crippen molar-refractivity contribution in [1.82, 2.24) is 4.98 Å². The Morgan fingerprint density at radius 2 is 2.11 bits per heavy atom. The molecule has 104 valence electrons. The highest BCUT2D eigenvalue weighted by atomic mass is 16.5. The zero-order chi connectivity index (χ0) is 13.9. The molecule has 5 nitrogen and oxygen atoms in total. The monoisotopic (exact) mass is 263 g/mol. The first kappa shape index (κ1) is 14.0. The highest BCUT2D eigenvalue weighted by Gasteiger charge is 2.38. The van der Waals surface area contributed by atoms with Crippen molar-refractivity contribution in [1.29, 1.82) is 0 Å². The predicted octanol–water partition coefficient (Wildman–Crippen LogP) is 1.39. The zero-order valence-electron chi connectivity index (χ0n) is 11.5. The number of aromatic nitrogens is 1. The largest absolute Gasteiger partial charge is 0.381 e. The van der Waals surface area contributed by atoms with Crippen molar-refractivity contribution in [3.8, 4) is 0 Å². The maximum absolute atomic E-state index is 12.5. The van der Waals surface area contributed by atoms with Crippen molar-refractivity contribution >= 4 is 11.6 Å². The molecule has 1 saturated heterocycles. The van der Waals surface area contributed by atoms with E-state index >= 15 is 0 Å². The summed E-state index contributed by atoms with van der Waals surface area (Å²) in [6.07, 6.45) is 1.35. The van der Waals surface area contributed by atoms with Gasteiger partial charge in [0.25, 0.3) is 0 Å². The molecule has 5 heteroatoms. The van der Waals surface area contributed by atoms with Gasteiger partial charge in [-0.05, 0) is 38.8 Å². The van der Waals surface area contributed by atoms with Crippen molar-refractivity contribution < 1.29 is 9.53 Å². The van der Waals surface area contributed by atoms with Gasteiger partial charge in [0.05, 0.1) is 16.8 Å². The van der Waals surface area contributed by atoms with Crippen molar-refractivity contribution in [2.75, 3.05) is 25.1 Å². The van der Waals surface area contributed by atoms with E-state index in [0.717, 1.165) is 17.1 Å². The van der Waals surface area contributed by atoms with E-state index in [-0.39, 0.29) is 5.91 Å². The summed E-state index contributed by atoms with van der Waals surface area (Å²) in [7, 11) is 0. The molecule has 0 saturated carbocycles. The van der Waals surface area contributed by atoms with Gasteiger partial charge in [0, 0.05) is 25.5 Å². The van der Waals surface area contributed by atoms with E-state index in [1.807, 2.05) is 26.0 Å². The Bertz CT molecular complexity index is 468. The molecule has 0 aliphatic carbocycles. The van der Waals surface area contributed by atoms with E-state index in [1.165, 1.54) is 0 Å². The summed E-state index contributed by atoms with van der Waals surface area (Å²) in [6.45, 7) is 5.35.